The van der Waals surface area contributed by atoms with E-state index in [4.69, 9.17) is 23.2 Å². The van der Waals surface area contributed by atoms with E-state index in [1.165, 1.54) is 0 Å². The van der Waals surface area contributed by atoms with Gasteiger partial charge in [-0.25, -0.2) is 0 Å². The summed E-state index contributed by atoms with van der Waals surface area (Å²) in [4.78, 5) is 2.28. The van der Waals surface area contributed by atoms with Crippen molar-refractivity contribution in [2.75, 3.05) is 4.90 Å². The topological polar surface area (TPSA) is 3.24 Å². The minimum atomic E-state index is 0.731. The summed E-state index contributed by atoms with van der Waals surface area (Å²) < 4.78 is 0. The fourth-order valence-electron chi connectivity index (χ4n) is 2.54. The Kier molecular flexibility index (Phi) is 5.22. The lowest BCUT2D eigenvalue weighted by Gasteiger charge is -2.26. The van der Waals surface area contributed by atoms with E-state index < -0.39 is 0 Å². The molecule has 0 radical (unpaired) electrons. The fourth-order valence-corrected chi connectivity index (χ4v) is 2.93. The number of hydrogen-bond acceptors (Lipinski definition) is 1. The molecule has 0 atom stereocenters. The van der Waals surface area contributed by atoms with E-state index in [0.717, 1.165) is 39.9 Å². The summed E-state index contributed by atoms with van der Waals surface area (Å²) in [6, 6.07) is 26.2. The first-order valence-electron chi connectivity index (χ1n) is 7.51. The molecule has 3 aromatic carbocycles. The third-order valence-electron chi connectivity index (χ3n) is 3.76. The number of nitrogens with zero attached hydrogens (tertiary/aromatic N) is 1. The lowest BCUT2D eigenvalue weighted by molar-refractivity contribution is 0.800. The van der Waals surface area contributed by atoms with Gasteiger partial charge >= 0.3 is 0 Å². The van der Waals surface area contributed by atoms with Gasteiger partial charge < -0.3 is 4.90 Å². The minimum Gasteiger partial charge on any atom is -0.363 e. The van der Waals surface area contributed by atoms with Crippen molar-refractivity contribution >= 4 is 28.9 Å². The molecule has 0 aliphatic heterocycles. The lowest BCUT2D eigenvalue weighted by atomic mass is 10.1. The van der Waals surface area contributed by atoms with Gasteiger partial charge in [-0.1, -0.05) is 77.8 Å². The highest BCUT2D eigenvalue weighted by molar-refractivity contribution is 6.31. The molecule has 0 unspecified atom stereocenters. The maximum Gasteiger partial charge on any atom is 0.0455 e. The second kappa shape index (κ2) is 7.54. The van der Waals surface area contributed by atoms with Crippen LogP contribution in [0, 0.1) is 0 Å². The first-order valence-corrected chi connectivity index (χ1v) is 8.26. The maximum absolute atomic E-state index is 6.34. The van der Waals surface area contributed by atoms with Crippen molar-refractivity contribution in [3.63, 3.8) is 0 Å². The lowest BCUT2D eigenvalue weighted by Crippen LogP contribution is -2.22. The number of rotatable bonds is 5. The Bertz CT molecular complexity index is 724. The molecule has 3 rings (SSSR count). The molecule has 0 spiro atoms. The molecule has 0 aliphatic carbocycles. The van der Waals surface area contributed by atoms with Crippen LogP contribution in [0.1, 0.15) is 11.1 Å². The zero-order chi connectivity index (χ0) is 16.1. The van der Waals surface area contributed by atoms with Crippen molar-refractivity contribution in [2.45, 2.75) is 13.1 Å². The van der Waals surface area contributed by atoms with Crippen LogP contribution in [0.2, 0.25) is 10.0 Å². The number of anilines is 1. The van der Waals surface area contributed by atoms with Gasteiger partial charge in [0.1, 0.15) is 0 Å². The van der Waals surface area contributed by atoms with Crippen LogP contribution < -0.4 is 4.90 Å². The Morgan fingerprint density at radius 3 is 1.48 bits per heavy atom. The smallest absolute Gasteiger partial charge is 0.0455 e. The third-order valence-corrected chi connectivity index (χ3v) is 4.50. The Hall–Kier alpha value is -1.96. The van der Waals surface area contributed by atoms with Crippen molar-refractivity contribution < 1.29 is 0 Å². The van der Waals surface area contributed by atoms with Gasteiger partial charge in [-0.2, -0.15) is 0 Å². The second-order valence-electron chi connectivity index (χ2n) is 5.37. The molecular weight excluding hydrogens is 325 g/mol. The zero-order valence-corrected chi connectivity index (χ0v) is 14.1. The van der Waals surface area contributed by atoms with E-state index in [1.807, 2.05) is 54.6 Å². The van der Waals surface area contributed by atoms with Crippen LogP contribution in [0.3, 0.4) is 0 Å². The Labute approximate surface area is 147 Å². The van der Waals surface area contributed by atoms with Gasteiger partial charge in [0.25, 0.3) is 0 Å². The van der Waals surface area contributed by atoms with Crippen molar-refractivity contribution in [3.8, 4) is 0 Å². The normalized spacial score (nSPS) is 10.5. The van der Waals surface area contributed by atoms with Crippen LogP contribution in [0.5, 0.6) is 0 Å². The van der Waals surface area contributed by atoms with Gasteiger partial charge in [0.2, 0.25) is 0 Å². The van der Waals surface area contributed by atoms with Crippen LogP contribution in [0.15, 0.2) is 78.9 Å². The summed E-state index contributed by atoms with van der Waals surface area (Å²) in [6.45, 7) is 1.46. The quantitative estimate of drug-likeness (QED) is 0.533. The van der Waals surface area contributed by atoms with Crippen molar-refractivity contribution in [1.29, 1.82) is 0 Å². The summed E-state index contributed by atoms with van der Waals surface area (Å²) in [7, 11) is 0. The van der Waals surface area contributed by atoms with Crippen LogP contribution in [0.4, 0.5) is 5.69 Å². The first kappa shape index (κ1) is 15.9. The van der Waals surface area contributed by atoms with Crippen molar-refractivity contribution in [1.82, 2.24) is 0 Å². The number of hydrogen-bond donors (Lipinski definition) is 0. The highest BCUT2D eigenvalue weighted by atomic mass is 35.5. The monoisotopic (exact) mass is 341 g/mol. The molecule has 1 nitrogen and oxygen atoms in total. The average Bonchev–Trinajstić information content (AvgIpc) is 2.59. The Balaban J connectivity index is 1.91. The molecule has 0 aliphatic rings. The standard InChI is InChI=1S/C20H17Cl2N/c21-19-12-6-4-8-16(19)14-23(18-10-2-1-3-11-18)15-17-9-5-7-13-20(17)22/h1-13H,14-15H2. The molecule has 0 saturated heterocycles. The summed E-state index contributed by atoms with van der Waals surface area (Å²) in [5.41, 5.74) is 3.35. The summed E-state index contributed by atoms with van der Waals surface area (Å²) in [5, 5.41) is 1.57. The molecule has 0 amide bonds. The van der Waals surface area contributed by atoms with E-state index in [-0.39, 0.29) is 0 Å². The summed E-state index contributed by atoms with van der Waals surface area (Å²) in [5.74, 6) is 0. The van der Waals surface area contributed by atoms with Crippen LogP contribution in [-0.2, 0) is 13.1 Å². The first-order chi connectivity index (χ1) is 11.2. The number of benzene rings is 3. The molecule has 3 aromatic rings. The van der Waals surface area contributed by atoms with E-state index in [9.17, 15) is 0 Å². The predicted molar refractivity (Wildman–Crippen MR) is 99.2 cm³/mol. The van der Waals surface area contributed by atoms with Crippen LogP contribution in [-0.4, -0.2) is 0 Å². The molecule has 0 aromatic heterocycles. The van der Waals surface area contributed by atoms with Crippen LogP contribution in [0.25, 0.3) is 0 Å². The molecule has 0 bridgehead atoms. The van der Waals surface area contributed by atoms with E-state index >= 15 is 0 Å². The molecule has 0 N–H and O–H groups in total. The zero-order valence-electron chi connectivity index (χ0n) is 12.6. The van der Waals surface area contributed by atoms with Crippen molar-refractivity contribution in [3.05, 3.63) is 100 Å². The maximum atomic E-state index is 6.34. The highest BCUT2D eigenvalue weighted by Crippen LogP contribution is 2.25. The van der Waals surface area contributed by atoms with E-state index in [2.05, 4.69) is 29.2 Å². The fraction of sp³-hybridized carbons (Fsp3) is 0.100. The molecule has 116 valence electrons. The molecule has 23 heavy (non-hydrogen) atoms. The predicted octanol–water partition coefficient (Wildman–Crippen LogP) is 6.20. The average molecular weight is 342 g/mol. The second-order valence-corrected chi connectivity index (χ2v) is 6.19. The van der Waals surface area contributed by atoms with Crippen LogP contribution >= 0.6 is 23.2 Å². The summed E-state index contributed by atoms with van der Waals surface area (Å²) >= 11 is 12.7. The third kappa shape index (κ3) is 4.07. The SMILES string of the molecule is Clc1ccccc1CN(Cc1ccccc1Cl)c1ccccc1. The molecule has 0 saturated carbocycles. The Morgan fingerprint density at radius 2 is 1.00 bits per heavy atom. The molecular formula is C20H17Cl2N. The molecule has 3 heteroatoms. The van der Waals surface area contributed by atoms with Gasteiger partial charge in [-0.05, 0) is 35.4 Å². The van der Waals surface area contributed by atoms with E-state index in [1.54, 1.807) is 0 Å². The molecule has 0 heterocycles. The van der Waals surface area contributed by atoms with E-state index in [0.29, 0.717) is 0 Å². The van der Waals surface area contributed by atoms with Gasteiger partial charge in [-0.3, -0.25) is 0 Å². The molecule has 0 fully saturated rings. The Morgan fingerprint density at radius 1 is 0.565 bits per heavy atom. The number of halogens is 2. The largest absolute Gasteiger partial charge is 0.363 e. The highest BCUT2D eigenvalue weighted by Gasteiger charge is 2.11. The number of para-hydroxylation sites is 1. The van der Waals surface area contributed by atoms with Crippen molar-refractivity contribution in [2.24, 2.45) is 0 Å². The van der Waals surface area contributed by atoms with Gasteiger partial charge in [0, 0.05) is 28.8 Å². The van der Waals surface area contributed by atoms with Gasteiger partial charge in [0.15, 0.2) is 0 Å². The minimum absolute atomic E-state index is 0.731. The van der Waals surface area contributed by atoms with Gasteiger partial charge in [0.05, 0.1) is 0 Å². The summed E-state index contributed by atoms with van der Waals surface area (Å²) in [6.07, 6.45) is 0. The van der Waals surface area contributed by atoms with Gasteiger partial charge in [-0.15, -0.1) is 0 Å².